The van der Waals surface area contributed by atoms with E-state index in [4.69, 9.17) is 4.74 Å². The van der Waals surface area contributed by atoms with Crippen LogP contribution >= 0.6 is 11.3 Å². The SMILES string of the molecule is CCCNC(C)c1cnc(C2(OC)CCCCC2)s1. The van der Waals surface area contributed by atoms with Crippen molar-refractivity contribution in [3.63, 3.8) is 0 Å². The molecule has 1 aliphatic carbocycles. The van der Waals surface area contributed by atoms with Crippen molar-refractivity contribution >= 4 is 11.3 Å². The van der Waals surface area contributed by atoms with E-state index < -0.39 is 0 Å². The molecule has 1 aromatic heterocycles. The summed E-state index contributed by atoms with van der Waals surface area (Å²) in [6.07, 6.45) is 9.28. The summed E-state index contributed by atoms with van der Waals surface area (Å²) in [5, 5.41) is 4.70. The predicted molar refractivity (Wildman–Crippen MR) is 80.6 cm³/mol. The maximum absolute atomic E-state index is 5.87. The van der Waals surface area contributed by atoms with Gasteiger partial charge >= 0.3 is 0 Å². The van der Waals surface area contributed by atoms with Crippen molar-refractivity contribution < 1.29 is 4.74 Å². The molecule has 0 spiro atoms. The molecule has 0 bridgehead atoms. The summed E-state index contributed by atoms with van der Waals surface area (Å²) in [4.78, 5) is 5.99. The molecule has 1 atom stereocenters. The van der Waals surface area contributed by atoms with Gasteiger partial charge in [0.2, 0.25) is 0 Å². The smallest absolute Gasteiger partial charge is 0.125 e. The number of thiazole rings is 1. The third-order valence-corrected chi connectivity index (χ3v) is 5.46. The van der Waals surface area contributed by atoms with Crippen molar-refractivity contribution in [1.82, 2.24) is 10.3 Å². The molecule has 4 heteroatoms. The lowest BCUT2D eigenvalue weighted by Gasteiger charge is -2.34. The number of hydrogen-bond donors (Lipinski definition) is 1. The Kier molecular flexibility index (Phi) is 5.37. The van der Waals surface area contributed by atoms with Crippen LogP contribution in [0.25, 0.3) is 0 Å². The Hall–Kier alpha value is -0.450. The lowest BCUT2D eigenvalue weighted by Crippen LogP contribution is -2.30. The highest BCUT2D eigenvalue weighted by Gasteiger charge is 2.36. The normalized spacial score (nSPS) is 20.4. The van der Waals surface area contributed by atoms with Gasteiger partial charge in [0, 0.05) is 24.2 Å². The van der Waals surface area contributed by atoms with E-state index in [1.165, 1.54) is 29.1 Å². The molecule has 0 radical (unpaired) electrons. The first kappa shape index (κ1) is 14.9. The molecular weight excluding hydrogens is 256 g/mol. The van der Waals surface area contributed by atoms with E-state index in [0.29, 0.717) is 6.04 Å². The fourth-order valence-electron chi connectivity index (χ4n) is 2.79. The van der Waals surface area contributed by atoms with E-state index in [-0.39, 0.29) is 5.60 Å². The van der Waals surface area contributed by atoms with Crippen LogP contribution in [0.2, 0.25) is 0 Å². The maximum Gasteiger partial charge on any atom is 0.125 e. The molecule has 0 aromatic carbocycles. The molecule has 0 amide bonds. The minimum Gasteiger partial charge on any atom is -0.371 e. The van der Waals surface area contributed by atoms with Crippen LogP contribution in [0.4, 0.5) is 0 Å². The topological polar surface area (TPSA) is 34.2 Å². The molecule has 1 aliphatic rings. The minimum atomic E-state index is -0.106. The van der Waals surface area contributed by atoms with Crippen LogP contribution in [0.5, 0.6) is 0 Å². The largest absolute Gasteiger partial charge is 0.371 e. The van der Waals surface area contributed by atoms with Crippen LogP contribution in [0.15, 0.2) is 6.20 Å². The summed E-state index contributed by atoms with van der Waals surface area (Å²) in [5.74, 6) is 0. The van der Waals surface area contributed by atoms with Crippen molar-refractivity contribution in [2.24, 2.45) is 0 Å². The van der Waals surface area contributed by atoms with Gasteiger partial charge in [-0.25, -0.2) is 4.98 Å². The highest BCUT2D eigenvalue weighted by atomic mass is 32.1. The van der Waals surface area contributed by atoms with Gasteiger partial charge in [0.1, 0.15) is 10.6 Å². The van der Waals surface area contributed by atoms with Gasteiger partial charge in [-0.1, -0.05) is 26.2 Å². The van der Waals surface area contributed by atoms with Gasteiger partial charge in [0.05, 0.1) is 0 Å². The maximum atomic E-state index is 5.87. The van der Waals surface area contributed by atoms with E-state index in [1.807, 2.05) is 24.6 Å². The fourth-order valence-corrected chi connectivity index (χ4v) is 3.95. The molecule has 1 N–H and O–H groups in total. The summed E-state index contributed by atoms with van der Waals surface area (Å²) in [6, 6.07) is 0.392. The lowest BCUT2D eigenvalue weighted by molar-refractivity contribution is -0.0446. The van der Waals surface area contributed by atoms with Gasteiger partial charge in [0.25, 0.3) is 0 Å². The van der Waals surface area contributed by atoms with E-state index in [0.717, 1.165) is 25.8 Å². The average Bonchev–Trinajstić information content (AvgIpc) is 2.96. The monoisotopic (exact) mass is 282 g/mol. The minimum absolute atomic E-state index is 0.106. The Balaban J connectivity index is 2.10. The van der Waals surface area contributed by atoms with Gasteiger partial charge in [0.15, 0.2) is 0 Å². The van der Waals surface area contributed by atoms with E-state index in [9.17, 15) is 0 Å². The van der Waals surface area contributed by atoms with Gasteiger partial charge in [-0.05, 0) is 32.7 Å². The zero-order valence-corrected chi connectivity index (χ0v) is 13.2. The number of nitrogens with zero attached hydrogens (tertiary/aromatic N) is 1. The standard InChI is InChI=1S/C15H26N2OS/c1-4-10-16-12(2)13-11-17-14(19-13)15(18-3)8-6-5-7-9-15/h11-12,16H,4-10H2,1-3H3. The highest BCUT2D eigenvalue weighted by Crippen LogP contribution is 2.42. The lowest BCUT2D eigenvalue weighted by atomic mass is 9.85. The number of hydrogen-bond acceptors (Lipinski definition) is 4. The summed E-state index contributed by atoms with van der Waals surface area (Å²) in [6.45, 7) is 5.47. The highest BCUT2D eigenvalue weighted by molar-refractivity contribution is 7.11. The van der Waals surface area contributed by atoms with Crippen LogP contribution in [0.1, 0.15) is 68.3 Å². The number of methoxy groups -OCH3 is 1. The Bertz CT molecular complexity index is 385. The number of nitrogens with one attached hydrogen (secondary N) is 1. The summed E-state index contributed by atoms with van der Waals surface area (Å²) in [7, 11) is 1.84. The molecule has 1 unspecified atom stereocenters. The zero-order chi connectivity index (χ0) is 13.7. The van der Waals surface area contributed by atoms with E-state index in [2.05, 4.69) is 24.1 Å². The van der Waals surface area contributed by atoms with Crippen molar-refractivity contribution in [2.45, 2.75) is 64.0 Å². The quantitative estimate of drug-likeness (QED) is 0.856. The second-order valence-electron chi connectivity index (χ2n) is 5.50. The van der Waals surface area contributed by atoms with Crippen molar-refractivity contribution in [3.05, 3.63) is 16.1 Å². The van der Waals surface area contributed by atoms with Crippen LogP contribution < -0.4 is 5.32 Å². The summed E-state index contributed by atoms with van der Waals surface area (Å²) < 4.78 is 5.87. The molecule has 19 heavy (non-hydrogen) atoms. The molecule has 108 valence electrons. The van der Waals surface area contributed by atoms with Crippen molar-refractivity contribution in [1.29, 1.82) is 0 Å². The van der Waals surface area contributed by atoms with Crippen LogP contribution in [0, 0.1) is 0 Å². The van der Waals surface area contributed by atoms with Crippen LogP contribution in [-0.4, -0.2) is 18.6 Å². The fraction of sp³-hybridized carbons (Fsp3) is 0.800. The zero-order valence-electron chi connectivity index (χ0n) is 12.4. The van der Waals surface area contributed by atoms with Gasteiger partial charge in [-0.2, -0.15) is 0 Å². The Morgan fingerprint density at radius 1 is 1.42 bits per heavy atom. The van der Waals surface area contributed by atoms with Gasteiger partial charge < -0.3 is 10.1 Å². The summed E-state index contributed by atoms with van der Waals surface area (Å²) in [5.41, 5.74) is -0.106. The molecule has 3 nitrogen and oxygen atoms in total. The molecular formula is C15H26N2OS. The Labute approximate surface area is 120 Å². The molecule has 2 rings (SSSR count). The first-order chi connectivity index (χ1) is 9.22. The second kappa shape index (κ2) is 6.82. The molecule has 0 aliphatic heterocycles. The summed E-state index contributed by atoms with van der Waals surface area (Å²) >= 11 is 1.82. The number of aromatic nitrogens is 1. The number of rotatable bonds is 6. The first-order valence-corrected chi connectivity index (χ1v) is 8.28. The number of ether oxygens (including phenoxy) is 1. The van der Waals surface area contributed by atoms with Gasteiger partial charge in [-0.3, -0.25) is 0 Å². The van der Waals surface area contributed by atoms with Crippen LogP contribution in [0.3, 0.4) is 0 Å². The molecule has 1 aromatic rings. The Morgan fingerprint density at radius 2 is 2.16 bits per heavy atom. The molecule has 1 heterocycles. The van der Waals surface area contributed by atoms with E-state index >= 15 is 0 Å². The Morgan fingerprint density at radius 3 is 2.79 bits per heavy atom. The molecule has 1 saturated carbocycles. The van der Waals surface area contributed by atoms with Crippen molar-refractivity contribution in [3.8, 4) is 0 Å². The van der Waals surface area contributed by atoms with Crippen molar-refractivity contribution in [2.75, 3.05) is 13.7 Å². The predicted octanol–water partition coefficient (Wildman–Crippen LogP) is 4.01. The molecule has 1 fully saturated rings. The molecule has 0 saturated heterocycles. The second-order valence-corrected chi connectivity index (χ2v) is 6.56. The first-order valence-electron chi connectivity index (χ1n) is 7.46. The average molecular weight is 282 g/mol. The van der Waals surface area contributed by atoms with Gasteiger partial charge in [-0.15, -0.1) is 11.3 Å². The third-order valence-electron chi connectivity index (χ3n) is 4.09. The van der Waals surface area contributed by atoms with E-state index in [1.54, 1.807) is 0 Å². The van der Waals surface area contributed by atoms with Crippen LogP contribution in [-0.2, 0) is 10.3 Å². The third kappa shape index (κ3) is 3.36.